The van der Waals surface area contributed by atoms with Gasteiger partial charge in [0, 0.05) is 18.2 Å². The molecule has 1 N–H and O–H groups in total. The average Bonchev–Trinajstić information content (AvgIpc) is 3.05. The largest absolute Gasteiger partial charge is 0.490 e. The highest BCUT2D eigenvalue weighted by atomic mass is 32.2. The van der Waals surface area contributed by atoms with Gasteiger partial charge in [-0.1, -0.05) is 18.2 Å². The van der Waals surface area contributed by atoms with Crippen LogP contribution >= 0.6 is 0 Å². The molecule has 10 nitrogen and oxygen atoms in total. The maximum Gasteiger partial charge on any atom is 0.321 e. The zero-order chi connectivity index (χ0) is 23.0. The van der Waals surface area contributed by atoms with Crippen molar-refractivity contribution in [2.45, 2.75) is 11.3 Å². The molecule has 0 aliphatic carbocycles. The predicted molar refractivity (Wildman–Crippen MR) is 113 cm³/mol. The maximum atomic E-state index is 12.5. The number of rotatable bonds is 8. The summed E-state index contributed by atoms with van der Waals surface area (Å²) in [5, 5.41) is 8.95. The zero-order valence-corrected chi connectivity index (χ0v) is 17.8. The predicted octanol–water partition coefficient (Wildman–Crippen LogP) is 1.23. The quantitative estimate of drug-likeness (QED) is 0.460. The number of nitrogens with one attached hydrogen (secondary N) is 1. The number of para-hydroxylation sites is 1. The van der Waals surface area contributed by atoms with Gasteiger partial charge in [-0.2, -0.15) is 9.98 Å². The summed E-state index contributed by atoms with van der Waals surface area (Å²) in [7, 11) is -4.03. The fourth-order valence-electron chi connectivity index (χ4n) is 2.82. The first kappa shape index (κ1) is 23.1. The van der Waals surface area contributed by atoms with Crippen LogP contribution < -0.4 is 19.1 Å². The summed E-state index contributed by atoms with van der Waals surface area (Å²) in [5.41, 5.74) is 0.477. The van der Waals surface area contributed by atoms with Crippen molar-refractivity contribution < 1.29 is 32.2 Å². The standard InChI is InChI=1S/C21H21N3O7S/c22-9-10-24(16-5-2-1-3-6-16)20(25)15-31-21(26)14-23-32(27,28)17-7-8-18-19(13-17)30-12-4-11-29-18/h1-3,5-8,13,23H,4,10-12,14-15H2. The van der Waals surface area contributed by atoms with Crippen LogP contribution in [-0.2, 0) is 24.3 Å². The van der Waals surface area contributed by atoms with E-state index in [1.165, 1.54) is 18.2 Å². The van der Waals surface area contributed by atoms with Crippen LogP contribution in [0.15, 0.2) is 53.4 Å². The Kier molecular flexibility index (Phi) is 7.64. The monoisotopic (exact) mass is 459 g/mol. The van der Waals surface area contributed by atoms with E-state index in [4.69, 9.17) is 19.5 Å². The van der Waals surface area contributed by atoms with Gasteiger partial charge in [-0.15, -0.1) is 0 Å². The molecule has 168 valence electrons. The molecule has 0 aromatic heterocycles. The van der Waals surface area contributed by atoms with Crippen LogP contribution in [0.5, 0.6) is 11.5 Å². The number of benzene rings is 2. The van der Waals surface area contributed by atoms with Gasteiger partial charge in [-0.25, -0.2) is 8.42 Å². The van der Waals surface area contributed by atoms with Crippen LogP contribution in [0.2, 0.25) is 0 Å². The van der Waals surface area contributed by atoms with Gasteiger partial charge >= 0.3 is 5.97 Å². The number of carbonyl (C=O) groups is 2. The van der Waals surface area contributed by atoms with Crippen LogP contribution in [0.25, 0.3) is 0 Å². The number of hydrogen-bond acceptors (Lipinski definition) is 8. The Morgan fingerprint density at radius 3 is 2.53 bits per heavy atom. The molecule has 2 aromatic carbocycles. The lowest BCUT2D eigenvalue weighted by atomic mass is 10.3. The molecule has 2 aromatic rings. The summed E-state index contributed by atoms with van der Waals surface area (Å²) in [6.45, 7) is -0.667. The first-order valence-electron chi connectivity index (χ1n) is 9.68. The van der Waals surface area contributed by atoms with Crippen LogP contribution in [-0.4, -0.2) is 53.2 Å². The molecule has 0 spiro atoms. The Morgan fingerprint density at radius 2 is 1.81 bits per heavy atom. The first-order chi connectivity index (χ1) is 15.4. The van der Waals surface area contributed by atoms with Crippen LogP contribution in [0, 0.1) is 11.3 Å². The Balaban J connectivity index is 1.55. The third kappa shape index (κ3) is 5.96. The van der Waals surface area contributed by atoms with E-state index < -0.39 is 35.1 Å². The van der Waals surface area contributed by atoms with Crippen molar-refractivity contribution in [2.75, 3.05) is 37.8 Å². The van der Waals surface area contributed by atoms with E-state index >= 15 is 0 Å². The molecule has 32 heavy (non-hydrogen) atoms. The molecule has 0 radical (unpaired) electrons. The first-order valence-corrected chi connectivity index (χ1v) is 11.2. The third-order valence-electron chi connectivity index (χ3n) is 4.39. The number of amides is 1. The lowest BCUT2D eigenvalue weighted by Crippen LogP contribution is -2.37. The summed E-state index contributed by atoms with van der Waals surface area (Å²) in [6, 6.07) is 14.5. The third-order valence-corrected chi connectivity index (χ3v) is 5.79. The van der Waals surface area contributed by atoms with E-state index in [9.17, 15) is 18.0 Å². The Labute approximate surface area is 185 Å². The van der Waals surface area contributed by atoms with E-state index in [0.717, 1.165) is 4.90 Å². The van der Waals surface area contributed by atoms with Gasteiger partial charge in [-0.3, -0.25) is 14.5 Å². The van der Waals surface area contributed by atoms with Gasteiger partial charge in [0.25, 0.3) is 5.91 Å². The van der Waals surface area contributed by atoms with Crippen LogP contribution in [0.3, 0.4) is 0 Å². The van der Waals surface area contributed by atoms with E-state index in [1.807, 2.05) is 6.07 Å². The minimum Gasteiger partial charge on any atom is -0.490 e. The maximum absolute atomic E-state index is 12.5. The fraction of sp³-hybridized carbons (Fsp3) is 0.286. The van der Waals surface area contributed by atoms with E-state index in [2.05, 4.69) is 4.72 Å². The van der Waals surface area contributed by atoms with Crippen molar-refractivity contribution in [1.29, 1.82) is 5.26 Å². The van der Waals surface area contributed by atoms with Gasteiger partial charge in [-0.05, 0) is 24.3 Å². The zero-order valence-electron chi connectivity index (χ0n) is 17.0. The molecule has 11 heteroatoms. The summed E-state index contributed by atoms with van der Waals surface area (Å²) in [4.78, 5) is 25.4. The molecular formula is C21H21N3O7S. The molecule has 0 fully saturated rings. The van der Waals surface area contributed by atoms with Crippen molar-refractivity contribution in [3.8, 4) is 17.6 Å². The lowest BCUT2D eigenvalue weighted by molar-refractivity contribution is -0.146. The second kappa shape index (κ2) is 10.6. The second-order valence-electron chi connectivity index (χ2n) is 6.62. The van der Waals surface area contributed by atoms with Gasteiger partial charge in [0.05, 0.1) is 24.2 Å². The number of sulfonamides is 1. The minimum absolute atomic E-state index is 0.102. The molecule has 1 aliphatic rings. The van der Waals surface area contributed by atoms with Crippen LogP contribution in [0.4, 0.5) is 5.69 Å². The normalized spacial score (nSPS) is 12.8. The number of nitriles is 1. The van der Waals surface area contributed by atoms with Gasteiger partial charge < -0.3 is 14.2 Å². The highest BCUT2D eigenvalue weighted by Crippen LogP contribution is 2.31. The molecule has 0 saturated carbocycles. The average molecular weight is 459 g/mol. The number of anilines is 1. The summed E-state index contributed by atoms with van der Waals surface area (Å²) in [5.74, 6) is -0.810. The lowest BCUT2D eigenvalue weighted by Gasteiger charge is -2.19. The number of fused-ring (bicyclic) bond motifs is 1. The number of carbonyl (C=O) groups excluding carboxylic acids is 2. The number of esters is 1. The Hall–Kier alpha value is -3.62. The number of ether oxygens (including phenoxy) is 3. The smallest absolute Gasteiger partial charge is 0.321 e. The molecular weight excluding hydrogens is 438 g/mol. The van der Waals surface area contributed by atoms with E-state index in [0.29, 0.717) is 36.8 Å². The fourth-order valence-corrected chi connectivity index (χ4v) is 3.81. The number of nitrogens with zero attached hydrogens (tertiary/aromatic N) is 2. The van der Waals surface area contributed by atoms with Gasteiger partial charge in [0.1, 0.15) is 13.1 Å². The van der Waals surface area contributed by atoms with Crippen molar-refractivity contribution >= 4 is 27.6 Å². The Morgan fingerprint density at radius 1 is 1.09 bits per heavy atom. The highest BCUT2D eigenvalue weighted by molar-refractivity contribution is 7.89. The highest BCUT2D eigenvalue weighted by Gasteiger charge is 2.21. The molecule has 3 rings (SSSR count). The summed E-state index contributed by atoms with van der Waals surface area (Å²) >= 11 is 0. The second-order valence-corrected chi connectivity index (χ2v) is 8.38. The Bertz CT molecular complexity index is 1110. The number of hydrogen-bond donors (Lipinski definition) is 1. The molecule has 0 atom stereocenters. The topological polar surface area (TPSA) is 135 Å². The molecule has 0 bridgehead atoms. The minimum atomic E-state index is -4.03. The van der Waals surface area contributed by atoms with Crippen molar-refractivity contribution in [1.82, 2.24) is 4.72 Å². The van der Waals surface area contributed by atoms with Crippen LogP contribution in [0.1, 0.15) is 6.42 Å². The van der Waals surface area contributed by atoms with Crippen molar-refractivity contribution in [3.63, 3.8) is 0 Å². The molecule has 1 heterocycles. The summed E-state index contributed by atoms with van der Waals surface area (Å²) < 4.78 is 43.0. The van der Waals surface area contributed by atoms with Gasteiger partial charge in [0.15, 0.2) is 18.1 Å². The van der Waals surface area contributed by atoms with Gasteiger partial charge in [0.2, 0.25) is 10.0 Å². The summed E-state index contributed by atoms with van der Waals surface area (Å²) in [6.07, 6.45) is 0.676. The van der Waals surface area contributed by atoms with Crippen molar-refractivity contribution in [2.24, 2.45) is 0 Å². The SMILES string of the molecule is N#CCN(C(=O)COC(=O)CNS(=O)(=O)c1ccc2c(c1)OCCCO2)c1ccccc1. The molecule has 0 unspecified atom stereocenters. The van der Waals surface area contributed by atoms with E-state index in [-0.39, 0.29) is 11.4 Å². The molecule has 0 saturated heterocycles. The molecule has 1 amide bonds. The van der Waals surface area contributed by atoms with E-state index in [1.54, 1.807) is 30.3 Å². The van der Waals surface area contributed by atoms with Crippen molar-refractivity contribution in [3.05, 3.63) is 48.5 Å². The molecule has 1 aliphatic heterocycles.